The molecule has 0 spiro atoms. The zero-order valence-electron chi connectivity index (χ0n) is 13.8. The van der Waals surface area contributed by atoms with Crippen LogP contribution in [0.1, 0.15) is 26.2 Å². The molecule has 2 rings (SSSR count). The van der Waals surface area contributed by atoms with Gasteiger partial charge in [0, 0.05) is 18.5 Å². The molecule has 0 bridgehead atoms. The van der Waals surface area contributed by atoms with E-state index in [1.54, 1.807) is 7.11 Å². The standard InChI is InChI=1S/C17H26N2O3.ClH/c1-13-12-14(8-10-18-13)17(20)19-9-3-11-22-16-6-4-15(21-2)5-7-16;/h4-7,13-14,18H,3,8-12H2,1-2H3,(H,19,20);1H/t13-,14-;/m0./s1. The molecule has 1 aromatic rings. The number of amides is 1. The molecular formula is C17H27ClN2O3. The molecule has 1 fully saturated rings. The molecular weight excluding hydrogens is 316 g/mol. The number of carbonyl (C=O) groups excluding carboxylic acids is 1. The van der Waals surface area contributed by atoms with E-state index in [1.807, 2.05) is 24.3 Å². The summed E-state index contributed by atoms with van der Waals surface area (Å²) in [5.74, 6) is 1.96. The summed E-state index contributed by atoms with van der Waals surface area (Å²) < 4.78 is 10.7. The molecule has 6 heteroatoms. The minimum absolute atomic E-state index is 0. The third-order valence-corrected chi connectivity index (χ3v) is 3.94. The van der Waals surface area contributed by atoms with Crippen molar-refractivity contribution in [1.82, 2.24) is 10.6 Å². The summed E-state index contributed by atoms with van der Waals surface area (Å²) in [6.45, 7) is 4.31. The predicted octanol–water partition coefficient (Wildman–Crippen LogP) is 2.39. The van der Waals surface area contributed by atoms with Crippen LogP contribution in [0.25, 0.3) is 0 Å². The second kappa shape index (κ2) is 10.3. The number of benzene rings is 1. The topological polar surface area (TPSA) is 59.6 Å². The van der Waals surface area contributed by atoms with Crippen LogP contribution in [0.4, 0.5) is 0 Å². The number of ether oxygens (including phenoxy) is 2. The van der Waals surface area contributed by atoms with Crippen molar-refractivity contribution < 1.29 is 14.3 Å². The zero-order valence-corrected chi connectivity index (χ0v) is 14.7. The molecule has 1 amide bonds. The minimum atomic E-state index is 0. The Morgan fingerprint density at radius 3 is 2.65 bits per heavy atom. The van der Waals surface area contributed by atoms with E-state index in [-0.39, 0.29) is 24.2 Å². The number of hydrogen-bond donors (Lipinski definition) is 2. The lowest BCUT2D eigenvalue weighted by Crippen LogP contribution is -2.42. The van der Waals surface area contributed by atoms with E-state index in [0.717, 1.165) is 37.3 Å². The molecule has 1 heterocycles. The Morgan fingerprint density at radius 2 is 2.00 bits per heavy atom. The third-order valence-electron chi connectivity index (χ3n) is 3.94. The SMILES string of the molecule is COc1ccc(OCCCNC(=O)[C@H]2CCN[C@@H](C)C2)cc1.Cl. The second-order valence-corrected chi connectivity index (χ2v) is 5.75. The molecule has 23 heavy (non-hydrogen) atoms. The van der Waals surface area contributed by atoms with E-state index in [2.05, 4.69) is 17.6 Å². The number of halogens is 1. The van der Waals surface area contributed by atoms with Crippen molar-refractivity contribution in [2.45, 2.75) is 32.2 Å². The lowest BCUT2D eigenvalue weighted by molar-refractivity contribution is -0.126. The summed E-state index contributed by atoms with van der Waals surface area (Å²) >= 11 is 0. The molecule has 1 aliphatic heterocycles. The van der Waals surface area contributed by atoms with Crippen LogP contribution in [0.15, 0.2) is 24.3 Å². The summed E-state index contributed by atoms with van der Waals surface area (Å²) in [6.07, 6.45) is 2.66. The molecule has 0 radical (unpaired) electrons. The van der Waals surface area contributed by atoms with Crippen LogP contribution >= 0.6 is 12.4 Å². The normalized spacial score (nSPS) is 20.3. The van der Waals surface area contributed by atoms with E-state index in [0.29, 0.717) is 19.2 Å². The monoisotopic (exact) mass is 342 g/mol. The molecule has 2 N–H and O–H groups in total. The van der Waals surface area contributed by atoms with Crippen LogP contribution in [0.3, 0.4) is 0 Å². The molecule has 130 valence electrons. The van der Waals surface area contributed by atoms with Gasteiger partial charge in [-0.15, -0.1) is 12.4 Å². The Morgan fingerprint density at radius 1 is 1.30 bits per heavy atom. The second-order valence-electron chi connectivity index (χ2n) is 5.75. The van der Waals surface area contributed by atoms with Crippen LogP contribution in [-0.4, -0.2) is 38.8 Å². The van der Waals surface area contributed by atoms with Gasteiger partial charge in [0.1, 0.15) is 11.5 Å². The van der Waals surface area contributed by atoms with Crippen LogP contribution in [0.2, 0.25) is 0 Å². The maximum absolute atomic E-state index is 12.1. The number of nitrogens with one attached hydrogen (secondary N) is 2. The van der Waals surface area contributed by atoms with Crippen LogP contribution < -0.4 is 20.1 Å². The first-order valence-electron chi connectivity index (χ1n) is 7.97. The van der Waals surface area contributed by atoms with E-state index in [4.69, 9.17) is 9.47 Å². The van der Waals surface area contributed by atoms with Gasteiger partial charge in [-0.3, -0.25) is 4.79 Å². The lowest BCUT2D eigenvalue weighted by Gasteiger charge is -2.27. The molecule has 5 nitrogen and oxygen atoms in total. The van der Waals surface area contributed by atoms with Gasteiger partial charge in [0.05, 0.1) is 13.7 Å². The van der Waals surface area contributed by atoms with Gasteiger partial charge in [-0.25, -0.2) is 0 Å². The van der Waals surface area contributed by atoms with Gasteiger partial charge in [-0.2, -0.15) is 0 Å². The Bertz CT molecular complexity index is 467. The summed E-state index contributed by atoms with van der Waals surface area (Å²) in [4.78, 5) is 12.1. The van der Waals surface area contributed by atoms with Gasteiger partial charge in [0.2, 0.25) is 5.91 Å². The quantitative estimate of drug-likeness (QED) is 0.747. The maximum atomic E-state index is 12.1. The average Bonchev–Trinajstić information content (AvgIpc) is 2.55. The smallest absolute Gasteiger partial charge is 0.223 e. The first kappa shape index (κ1) is 19.6. The molecule has 1 aromatic carbocycles. The third kappa shape index (κ3) is 6.67. The highest BCUT2D eigenvalue weighted by Gasteiger charge is 2.24. The molecule has 0 aromatic heterocycles. The molecule has 0 aliphatic carbocycles. The Kier molecular flexibility index (Phi) is 8.81. The highest BCUT2D eigenvalue weighted by Crippen LogP contribution is 2.17. The number of piperidine rings is 1. The molecule has 1 saturated heterocycles. The van der Waals surface area contributed by atoms with Gasteiger partial charge in [0.15, 0.2) is 0 Å². The fourth-order valence-corrected chi connectivity index (χ4v) is 2.66. The van der Waals surface area contributed by atoms with Gasteiger partial charge in [-0.05, 0) is 57.0 Å². The first-order valence-corrected chi connectivity index (χ1v) is 7.97. The Balaban J connectivity index is 0.00000264. The van der Waals surface area contributed by atoms with Crippen LogP contribution in [-0.2, 0) is 4.79 Å². The fraction of sp³-hybridized carbons (Fsp3) is 0.588. The molecule has 2 atom stereocenters. The van der Waals surface area contributed by atoms with Gasteiger partial charge in [0.25, 0.3) is 0 Å². The zero-order chi connectivity index (χ0) is 15.8. The van der Waals surface area contributed by atoms with Gasteiger partial charge >= 0.3 is 0 Å². The van der Waals surface area contributed by atoms with Crippen molar-refractivity contribution >= 4 is 18.3 Å². The molecule has 1 aliphatic rings. The number of hydrogen-bond acceptors (Lipinski definition) is 4. The van der Waals surface area contributed by atoms with Crippen molar-refractivity contribution in [2.75, 3.05) is 26.8 Å². The largest absolute Gasteiger partial charge is 0.497 e. The summed E-state index contributed by atoms with van der Waals surface area (Å²) in [6, 6.07) is 7.94. The van der Waals surface area contributed by atoms with Crippen molar-refractivity contribution in [2.24, 2.45) is 5.92 Å². The van der Waals surface area contributed by atoms with Crippen LogP contribution in [0.5, 0.6) is 11.5 Å². The number of rotatable bonds is 7. The molecule has 0 saturated carbocycles. The summed E-state index contributed by atoms with van der Waals surface area (Å²) in [5.41, 5.74) is 0. The summed E-state index contributed by atoms with van der Waals surface area (Å²) in [7, 11) is 1.64. The first-order chi connectivity index (χ1) is 10.7. The molecule has 0 unspecified atom stereocenters. The van der Waals surface area contributed by atoms with Crippen molar-refractivity contribution in [3.63, 3.8) is 0 Å². The number of carbonyl (C=O) groups is 1. The van der Waals surface area contributed by atoms with Crippen molar-refractivity contribution in [3.05, 3.63) is 24.3 Å². The maximum Gasteiger partial charge on any atom is 0.223 e. The highest BCUT2D eigenvalue weighted by atomic mass is 35.5. The van der Waals surface area contributed by atoms with Crippen LogP contribution in [0, 0.1) is 5.92 Å². The van der Waals surface area contributed by atoms with Crippen molar-refractivity contribution in [3.8, 4) is 11.5 Å². The fourth-order valence-electron chi connectivity index (χ4n) is 2.66. The summed E-state index contributed by atoms with van der Waals surface area (Å²) in [5, 5.41) is 6.37. The number of methoxy groups -OCH3 is 1. The van der Waals surface area contributed by atoms with Crippen molar-refractivity contribution in [1.29, 1.82) is 0 Å². The lowest BCUT2D eigenvalue weighted by atomic mass is 9.92. The van der Waals surface area contributed by atoms with E-state index >= 15 is 0 Å². The van der Waals surface area contributed by atoms with E-state index in [9.17, 15) is 4.79 Å². The van der Waals surface area contributed by atoms with E-state index in [1.165, 1.54) is 0 Å². The predicted molar refractivity (Wildman–Crippen MR) is 93.6 cm³/mol. The average molecular weight is 343 g/mol. The van der Waals surface area contributed by atoms with E-state index < -0.39 is 0 Å². The highest BCUT2D eigenvalue weighted by molar-refractivity contribution is 5.85. The van der Waals surface area contributed by atoms with Gasteiger partial charge < -0.3 is 20.1 Å². The minimum Gasteiger partial charge on any atom is -0.497 e. The Hall–Kier alpha value is -1.46. The Labute approximate surface area is 144 Å². The van der Waals surface area contributed by atoms with Gasteiger partial charge in [-0.1, -0.05) is 0 Å².